The zero-order valence-electron chi connectivity index (χ0n) is 7.48. The highest BCUT2D eigenvalue weighted by Crippen LogP contribution is 2.13. The number of Topliss-reactive ketones (excluding diaryl/α,β-unsaturated/α-hetero) is 1. The van der Waals surface area contributed by atoms with Crippen LogP contribution in [0.4, 0.5) is 0 Å². The van der Waals surface area contributed by atoms with Crippen molar-refractivity contribution in [1.82, 2.24) is 0 Å². The van der Waals surface area contributed by atoms with Gasteiger partial charge in [-0.2, -0.15) is 0 Å². The van der Waals surface area contributed by atoms with Crippen LogP contribution < -0.4 is 0 Å². The van der Waals surface area contributed by atoms with Gasteiger partial charge in [0.2, 0.25) is 0 Å². The molecule has 0 heterocycles. The van der Waals surface area contributed by atoms with Gasteiger partial charge in [-0.05, 0) is 12.3 Å². The molecule has 10 heavy (non-hydrogen) atoms. The maximum absolute atomic E-state index is 11.2. The Morgan fingerprint density at radius 2 is 1.80 bits per heavy atom. The van der Waals surface area contributed by atoms with Crippen LogP contribution in [-0.2, 0) is 4.79 Å². The number of hydrogen-bond acceptors (Lipinski definition) is 1. The van der Waals surface area contributed by atoms with Crippen molar-refractivity contribution < 1.29 is 4.79 Å². The van der Waals surface area contributed by atoms with Gasteiger partial charge >= 0.3 is 0 Å². The minimum atomic E-state index is 0.250. The van der Waals surface area contributed by atoms with Crippen molar-refractivity contribution in [3.05, 3.63) is 0 Å². The molecule has 60 valence electrons. The predicted octanol–water partition coefficient (Wildman–Crippen LogP) is 2.65. The molecule has 0 N–H and O–H groups in total. The van der Waals surface area contributed by atoms with Crippen LogP contribution in [0, 0.1) is 11.8 Å². The molecule has 0 saturated carbocycles. The van der Waals surface area contributed by atoms with E-state index in [1.807, 2.05) is 13.8 Å². The van der Waals surface area contributed by atoms with E-state index in [0.29, 0.717) is 11.7 Å². The lowest BCUT2D eigenvalue weighted by molar-refractivity contribution is -0.123. The van der Waals surface area contributed by atoms with Gasteiger partial charge in [0, 0.05) is 12.3 Å². The summed E-state index contributed by atoms with van der Waals surface area (Å²) in [5.74, 6) is 1.16. The van der Waals surface area contributed by atoms with Crippen LogP contribution in [0.5, 0.6) is 0 Å². The van der Waals surface area contributed by atoms with Crippen LogP contribution in [0.15, 0.2) is 0 Å². The highest BCUT2D eigenvalue weighted by molar-refractivity contribution is 5.80. The van der Waals surface area contributed by atoms with Crippen LogP contribution in [-0.4, -0.2) is 5.78 Å². The van der Waals surface area contributed by atoms with E-state index in [0.717, 1.165) is 12.8 Å². The third-order valence-corrected chi connectivity index (χ3v) is 2.00. The molecule has 1 unspecified atom stereocenters. The average Bonchev–Trinajstić information content (AvgIpc) is 1.87. The Kier molecular flexibility index (Phi) is 4.33. The lowest BCUT2D eigenvalue weighted by Gasteiger charge is -2.12. The topological polar surface area (TPSA) is 17.1 Å². The predicted molar refractivity (Wildman–Crippen MR) is 43.9 cm³/mol. The van der Waals surface area contributed by atoms with Crippen LogP contribution >= 0.6 is 0 Å². The van der Waals surface area contributed by atoms with E-state index in [2.05, 4.69) is 13.8 Å². The molecule has 0 radical (unpaired) electrons. The fraction of sp³-hybridized carbons (Fsp3) is 0.889. The molecule has 0 bridgehead atoms. The van der Waals surface area contributed by atoms with Gasteiger partial charge in [-0.3, -0.25) is 4.79 Å². The lowest BCUT2D eigenvalue weighted by Crippen LogP contribution is -2.15. The van der Waals surface area contributed by atoms with E-state index in [1.54, 1.807) is 0 Å². The molecule has 0 aliphatic carbocycles. The molecule has 0 saturated heterocycles. The van der Waals surface area contributed by atoms with E-state index >= 15 is 0 Å². The molecule has 0 amide bonds. The largest absolute Gasteiger partial charge is 0.299 e. The molecule has 0 aliphatic heterocycles. The third-order valence-electron chi connectivity index (χ3n) is 2.00. The van der Waals surface area contributed by atoms with Gasteiger partial charge in [-0.25, -0.2) is 0 Å². The van der Waals surface area contributed by atoms with Crippen molar-refractivity contribution in [3.63, 3.8) is 0 Å². The number of carbonyl (C=O) groups excluding carboxylic acids is 1. The van der Waals surface area contributed by atoms with E-state index in [-0.39, 0.29) is 5.92 Å². The number of rotatable bonds is 4. The molecule has 0 spiro atoms. The maximum atomic E-state index is 11.2. The van der Waals surface area contributed by atoms with Crippen molar-refractivity contribution in [2.45, 2.75) is 40.5 Å². The van der Waals surface area contributed by atoms with Crippen LogP contribution in [0.2, 0.25) is 0 Å². The molecule has 1 atom stereocenters. The fourth-order valence-corrected chi connectivity index (χ4v) is 0.846. The van der Waals surface area contributed by atoms with Gasteiger partial charge in [0.25, 0.3) is 0 Å². The minimum Gasteiger partial charge on any atom is -0.299 e. The van der Waals surface area contributed by atoms with E-state index in [4.69, 9.17) is 0 Å². The Morgan fingerprint density at radius 1 is 1.30 bits per heavy atom. The van der Waals surface area contributed by atoms with E-state index in [9.17, 15) is 4.79 Å². The Labute approximate surface area is 63.8 Å². The molecular formula is C9H18O. The second-order valence-electron chi connectivity index (χ2n) is 3.25. The molecule has 1 heteroatoms. The average molecular weight is 142 g/mol. The van der Waals surface area contributed by atoms with Gasteiger partial charge in [0.05, 0.1) is 0 Å². The fourth-order valence-electron chi connectivity index (χ4n) is 0.846. The van der Waals surface area contributed by atoms with Gasteiger partial charge in [-0.1, -0.05) is 27.7 Å². The highest BCUT2D eigenvalue weighted by atomic mass is 16.1. The quantitative estimate of drug-likeness (QED) is 0.589. The zero-order valence-corrected chi connectivity index (χ0v) is 7.48. The van der Waals surface area contributed by atoms with Gasteiger partial charge in [-0.15, -0.1) is 0 Å². The van der Waals surface area contributed by atoms with Gasteiger partial charge in [0.15, 0.2) is 0 Å². The number of ketones is 1. The Morgan fingerprint density at radius 3 is 2.10 bits per heavy atom. The van der Waals surface area contributed by atoms with Crippen molar-refractivity contribution in [2.75, 3.05) is 0 Å². The summed E-state index contributed by atoms with van der Waals surface area (Å²) in [6.45, 7) is 8.25. The van der Waals surface area contributed by atoms with E-state index in [1.165, 1.54) is 0 Å². The van der Waals surface area contributed by atoms with Crippen molar-refractivity contribution in [2.24, 2.45) is 11.8 Å². The summed E-state index contributed by atoms with van der Waals surface area (Å²) in [5, 5.41) is 0. The van der Waals surface area contributed by atoms with Crippen molar-refractivity contribution in [3.8, 4) is 0 Å². The summed E-state index contributed by atoms with van der Waals surface area (Å²) in [5.41, 5.74) is 0. The second-order valence-corrected chi connectivity index (χ2v) is 3.25. The van der Waals surface area contributed by atoms with Crippen LogP contribution in [0.3, 0.4) is 0 Å². The molecular weight excluding hydrogens is 124 g/mol. The van der Waals surface area contributed by atoms with Crippen LogP contribution in [0.1, 0.15) is 40.5 Å². The Bertz CT molecular complexity index is 105. The second kappa shape index (κ2) is 4.48. The van der Waals surface area contributed by atoms with Crippen molar-refractivity contribution in [1.29, 1.82) is 0 Å². The summed E-state index contributed by atoms with van der Waals surface area (Å²) in [6.07, 6.45) is 1.73. The van der Waals surface area contributed by atoms with Gasteiger partial charge < -0.3 is 0 Å². The third kappa shape index (κ3) is 3.00. The minimum absolute atomic E-state index is 0.250. The SMILES string of the molecule is CCCC(=O)C(C)C(C)C. The monoisotopic (exact) mass is 142 g/mol. The summed E-state index contributed by atoms with van der Waals surface area (Å²) in [6, 6.07) is 0. The number of carbonyl (C=O) groups is 1. The lowest BCUT2D eigenvalue weighted by atomic mass is 9.91. The summed E-state index contributed by atoms with van der Waals surface area (Å²) in [4.78, 5) is 11.2. The first-order valence-electron chi connectivity index (χ1n) is 4.12. The molecule has 0 aromatic heterocycles. The Balaban J connectivity index is 3.71. The smallest absolute Gasteiger partial charge is 0.135 e. The normalized spacial score (nSPS) is 13.7. The molecule has 0 fully saturated rings. The van der Waals surface area contributed by atoms with Crippen LogP contribution in [0.25, 0.3) is 0 Å². The number of hydrogen-bond donors (Lipinski definition) is 0. The maximum Gasteiger partial charge on any atom is 0.135 e. The summed E-state index contributed by atoms with van der Waals surface area (Å²) >= 11 is 0. The zero-order chi connectivity index (χ0) is 8.15. The molecule has 0 aromatic carbocycles. The first-order chi connectivity index (χ1) is 4.59. The Hall–Kier alpha value is -0.330. The molecule has 0 rings (SSSR count). The first-order valence-corrected chi connectivity index (χ1v) is 4.12. The highest BCUT2D eigenvalue weighted by Gasteiger charge is 2.14. The standard InChI is InChI=1S/C9H18O/c1-5-6-9(10)8(4)7(2)3/h7-8H,5-6H2,1-4H3. The van der Waals surface area contributed by atoms with E-state index < -0.39 is 0 Å². The molecule has 0 aromatic rings. The first kappa shape index (κ1) is 9.67. The molecule has 0 aliphatic rings. The van der Waals surface area contributed by atoms with Gasteiger partial charge in [0.1, 0.15) is 5.78 Å². The summed E-state index contributed by atoms with van der Waals surface area (Å²) in [7, 11) is 0. The molecule has 1 nitrogen and oxygen atoms in total. The van der Waals surface area contributed by atoms with Crippen molar-refractivity contribution >= 4 is 5.78 Å². The summed E-state index contributed by atoms with van der Waals surface area (Å²) < 4.78 is 0.